The smallest absolute Gasteiger partial charge is 0.0997 e. The summed E-state index contributed by atoms with van der Waals surface area (Å²) in [5.41, 5.74) is 1.25. The molecule has 1 unspecified atom stereocenters. The summed E-state index contributed by atoms with van der Waals surface area (Å²) in [6.45, 7) is 3.70. The van der Waals surface area contributed by atoms with Crippen molar-refractivity contribution in [1.29, 1.82) is 0 Å². The van der Waals surface area contributed by atoms with Gasteiger partial charge in [-0.3, -0.25) is 4.90 Å². The molecule has 0 radical (unpaired) electrons. The average molecular weight is 248 g/mol. The molecule has 100 valence electrons. The van der Waals surface area contributed by atoms with E-state index in [9.17, 15) is 0 Å². The summed E-state index contributed by atoms with van der Waals surface area (Å²) in [6, 6.07) is 11.0. The first kappa shape index (κ1) is 13.5. The molecule has 0 amide bonds. The summed E-state index contributed by atoms with van der Waals surface area (Å²) < 4.78 is 5.83. The maximum atomic E-state index is 5.83. The third kappa shape index (κ3) is 4.09. The number of piperidine rings is 1. The van der Waals surface area contributed by atoms with Crippen LogP contribution in [0.15, 0.2) is 30.3 Å². The van der Waals surface area contributed by atoms with E-state index in [0.29, 0.717) is 12.6 Å². The van der Waals surface area contributed by atoms with E-state index in [-0.39, 0.29) is 0 Å². The van der Waals surface area contributed by atoms with Gasteiger partial charge in [-0.25, -0.2) is 0 Å². The monoisotopic (exact) mass is 248 g/mol. The largest absolute Gasteiger partial charge is 0.361 e. The van der Waals surface area contributed by atoms with Crippen molar-refractivity contribution in [3.63, 3.8) is 0 Å². The van der Waals surface area contributed by atoms with E-state index >= 15 is 0 Å². The van der Waals surface area contributed by atoms with Gasteiger partial charge in [-0.05, 0) is 25.5 Å². The minimum Gasteiger partial charge on any atom is -0.361 e. The highest BCUT2D eigenvalue weighted by Gasteiger charge is 2.21. The first-order valence-corrected chi connectivity index (χ1v) is 6.90. The van der Waals surface area contributed by atoms with Crippen molar-refractivity contribution in [2.45, 2.75) is 31.9 Å². The lowest BCUT2D eigenvalue weighted by Gasteiger charge is -2.35. The predicted molar refractivity (Wildman–Crippen MR) is 74.4 cm³/mol. The zero-order valence-electron chi connectivity index (χ0n) is 11.3. The highest BCUT2D eigenvalue weighted by atomic mass is 16.5. The molecule has 0 bridgehead atoms. The molecule has 1 aliphatic rings. The summed E-state index contributed by atoms with van der Waals surface area (Å²) in [6.07, 6.45) is 3.94. The van der Waals surface area contributed by atoms with Crippen LogP contribution >= 0.6 is 0 Å². The Morgan fingerprint density at radius 2 is 2.11 bits per heavy atom. The number of likely N-dealkylation sites (N-methyl/N-ethyl adjacent to an activating group) is 1. The molecule has 3 heteroatoms. The maximum absolute atomic E-state index is 5.83. The minimum absolute atomic E-state index is 0.638. The molecule has 1 atom stereocenters. The van der Waals surface area contributed by atoms with E-state index in [0.717, 1.165) is 13.3 Å². The zero-order chi connectivity index (χ0) is 12.6. The Labute approximate surface area is 110 Å². The number of nitrogens with one attached hydrogen (secondary N) is 1. The Hall–Kier alpha value is -0.900. The lowest BCUT2D eigenvalue weighted by Crippen LogP contribution is -2.45. The molecule has 1 heterocycles. The van der Waals surface area contributed by atoms with E-state index in [4.69, 9.17) is 4.74 Å². The van der Waals surface area contributed by atoms with Crippen LogP contribution in [0.3, 0.4) is 0 Å². The number of nitrogens with zero attached hydrogens (tertiary/aromatic N) is 1. The molecule has 1 aromatic rings. The van der Waals surface area contributed by atoms with Crippen LogP contribution in [0.2, 0.25) is 0 Å². The van der Waals surface area contributed by atoms with Gasteiger partial charge in [0.25, 0.3) is 0 Å². The first-order valence-electron chi connectivity index (χ1n) is 6.90. The van der Waals surface area contributed by atoms with Crippen LogP contribution in [0.4, 0.5) is 0 Å². The fourth-order valence-corrected chi connectivity index (χ4v) is 2.55. The van der Waals surface area contributed by atoms with Gasteiger partial charge in [-0.2, -0.15) is 0 Å². The number of benzene rings is 1. The van der Waals surface area contributed by atoms with E-state index in [2.05, 4.69) is 34.5 Å². The predicted octanol–water partition coefficient (Wildman–Crippen LogP) is 2.23. The van der Waals surface area contributed by atoms with Gasteiger partial charge >= 0.3 is 0 Å². The topological polar surface area (TPSA) is 24.5 Å². The number of likely N-dealkylation sites (tertiary alicyclic amines) is 1. The van der Waals surface area contributed by atoms with E-state index in [1.807, 2.05) is 13.1 Å². The molecule has 1 aromatic carbocycles. The van der Waals surface area contributed by atoms with Crippen LogP contribution in [0.1, 0.15) is 24.8 Å². The molecule has 1 aliphatic heterocycles. The fourth-order valence-electron chi connectivity index (χ4n) is 2.55. The first-order chi connectivity index (χ1) is 8.90. The van der Waals surface area contributed by atoms with Crippen LogP contribution in [0, 0.1) is 0 Å². The summed E-state index contributed by atoms with van der Waals surface area (Å²) >= 11 is 0. The molecule has 0 saturated carbocycles. The van der Waals surface area contributed by atoms with Crippen LogP contribution < -0.4 is 5.32 Å². The van der Waals surface area contributed by atoms with Gasteiger partial charge in [0, 0.05) is 19.1 Å². The third-order valence-corrected chi connectivity index (χ3v) is 3.56. The molecule has 2 rings (SSSR count). The van der Waals surface area contributed by atoms with Gasteiger partial charge in [0.15, 0.2) is 0 Å². The van der Waals surface area contributed by atoms with Crippen molar-refractivity contribution >= 4 is 0 Å². The van der Waals surface area contributed by atoms with E-state index in [1.54, 1.807) is 0 Å². The van der Waals surface area contributed by atoms with Crippen LogP contribution in [-0.2, 0) is 11.3 Å². The molecule has 1 saturated heterocycles. The molecule has 0 aromatic heterocycles. The highest BCUT2D eigenvalue weighted by Crippen LogP contribution is 2.16. The second kappa shape index (κ2) is 7.52. The quantitative estimate of drug-likeness (QED) is 0.835. The van der Waals surface area contributed by atoms with Gasteiger partial charge in [-0.15, -0.1) is 0 Å². The third-order valence-electron chi connectivity index (χ3n) is 3.56. The van der Waals surface area contributed by atoms with Gasteiger partial charge in [0.2, 0.25) is 0 Å². The minimum atomic E-state index is 0.638. The Kier molecular flexibility index (Phi) is 5.65. The van der Waals surface area contributed by atoms with E-state index < -0.39 is 0 Å². The Balaban J connectivity index is 1.74. The second-order valence-electron chi connectivity index (χ2n) is 4.98. The fraction of sp³-hybridized carbons (Fsp3) is 0.600. The molecular formula is C15H24N2O. The van der Waals surface area contributed by atoms with Crippen molar-refractivity contribution in [1.82, 2.24) is 10.2 Å². The van der Waals surface area contributed by atoms with Crippen molar-refractivity contribution < 1.29 is 4.74 Å². The number of hydrogen-bond acceptors (Lipinski definition) is 3. The van der Waals surface area contributed by atoms with Crippen LogP contribution in [0.5, 0.6) is 0 Å². The van der Waals surface area contributed by atoms with Crippen molar-refractivity contribution in [2.75, 3.05) is 26.9 Å². The lowest BCUT2D eigenvalue weighted by molar-refractivity contribution is -0.0166. The van der Waals surface area contributed by atoms with Gasteiger partial charge in [0.05, 0.1) is 13.3 Å². The van der Waals surface area contributed by atoms with Gasteiger partial charge < -0.3 is 10.1 Å². The molecule has 3 nitrogen and oxygen atoms in total. The molecule has 1 fully saturated rings. The Morgan fingerprint density at radius 3 is 2.89 bits per heavy atom. The summed E-state index contributed by atoms with van der Waals surface area (Å²) in [7, 11) is 2.03. The Morgan fingerprint density at radius 1 is 1.28 bits per heavy atom. The molecule has 0 aliphatic carbocycles. The van der Waals surface area contributed by atoms with Gasteiger partial charge in [0.1, 0.15) is 0 Å². The molecule has 18 heavy (non-hydrogen) atoms. The summed E-state index contributed by atoms with van der Waals surface area (Å²) in [5.74, 6) is 0. The zero-order valence-corrected chi connectivity index (χ0v) is 11.3. The van der Waals surface area contributed by atoms with E-state index in [1.165, 1.54) is 31.4 Å². The highest BCUT2D eigenvalue weighted by molar-refractivity contribution is 5.13. The number of hydrogen-bond donors (Lipinski definition) is 1. The average Bonchev–Trinajstić information content (AvgIpc) is 2.42. The molecule has 0 spiro atoms. The Bertz CT molecular complexity index is 327. The number of rotatable bonds is 6. The van der Waals surface area contributed by atoms with Crippen LogP contribution in [-0.4, -0.2) is 37.8 Å². The normalized spacial score (nSPS) is 21.1. The van der Waals surface area contributed by atoms with Crippen molar-refractivity contribution in [3.8, 4) is 0 Å². The van der Waals surface area contributed by atoms with Crippen molar-refractivity contribution in [2.24, 2.45) is 0 Å². The standard InChI is InChI=1S/C15H24N2O/c1-16-11-15-9-5-6-10-17(15)13-18-12-14-7-3-2-4-8-14/h2-4,7-8,15-16H,5-6,9-13H2,1H3. The second-order valence-corrected chi connectivity index (χ2v) is 4.98. The number of ether oxygens (including phenoxy) is 1. The molecule has 1 N–H and O–H groups in total. The summed E-state index contributed by atoms with van der Waals surface area (Å²) in [4.78, 5) is 2.46. The SMILES string of the molecule is CNCC1CCCCN1COCc1ccccc1. The summed E-state index contributed by atoms with van der Waals surface area (Å²) in [5, 5.41) is 3.28. The maximum Gasteiger partial charge on any atom is 0.0997 e. The van der Waals surface area contributed by atoms with Gasteiger partial charge in [-0.1, -0.05) is 36.8 Å². The van der Waals surface area contributed by atoms with Crippen LogP contribution in [0.25, 0.3) is 0 Å². The lowest BCUT2D eigenvalue weighted by atomic mass is 10.0. The van der Waals surface area contributed by atoms with Crippen molar-refractivity contribution in [3.05, 3.63) is 35.9 Å². The molecular weight excluding hydrogens is 224 g/mol.